The van der Waals surface area contributed by atoms with Crippen LogP contribution in [0.5, 0.6) is 0 Å². The summed E-state index contributed by atoms with van der Waals surface area (Å²) in [5.74, 6) is -0.483. The Morgan fingerprint density at radius 1 is 1.11 bits per heavy atom. The molecule has 4 aliphatic rings. The van der Waals surface area contributed by atoms with Gasteiger partial charge in [0.2, 0.25) is 11.8 Å². The summed E-state index contributed by atoms with van der Waals surface area (Å²) in [6.07, 6.45) is 1.42. The molecule has 3 fully saturated rings. The lowest BCUT2D eigenvalue weighted by atomic mass is 9.71. The van der Waals surface area contributed by atoms with Gasteiger partial charge in [-0.2, -0.15) is 0 Å². The predicted octanol–water partition coefficient (Wildman–Crippen LogP) is -0.215. The van der Waals surface area contributed by atoms with Crippen LogP contribution in [0.15, 0.2) is 18.2 Å². The van der Waals surface area contributed by atoms with Crippen molar-refractivity contribution in [2.45, 2.75) is 37.9 Å². The Morgan fingerprint density at radius 2 is 1.96 bits per heavy atom. The Kier molecular flexibility index (Phi) is 4.06. The quantitative estimate of drug-likeness (QED) is 0.622. The highest BCUT2D eigenvalue weighted by Crippen LogP contribution is 2.37. The van der Waals surface area contributed by atoms with Crippen LogP contribution in [-0.2, 0) is 16.1 Å². The normalized spacial score (nSPS) is 31.5. The van der Waals surface area contributed by atoms with Crippen LogP contribution in [0, 0.1) is 11.8 Å². The van der Waals surface area contributed by atoms with Gasteiger partial charge in [-0.05, 0) is 49.4 Å². The number of imide groups is 2. The molecular formula is C20H22N4O4. The Morgan fingerprint density at radius 3 is 2.75 bits per heavy atom. The number of amides is 4. The number of fused-ring (bicyclic) bond motifs is 2. The second-order valence-electron chi connectivity index (χ2n) is 8.09. The minimum Gasteiger partial charge on any atom is -0.316 e. The predicted molar refractivity (Wildman–Crippen MR) is 98.2 cm³/mol. The van der Waals surface area contributed by atoms with Gasteiger partial charge in [0, 0.05) is 19.0 Å². The highest BCUT2D eigenvalue weighted by Gasteiger charge is 2.46. The zero-order valence-electron chi connectivity index (χ0n) is 15.4. The smallest absolute Gasteiger partial charge is 0.262 e. The van der Waals surface area contributed by atoms with Crippen molar-refractivity contribution in [1.29, 1.82) is 0 Å². The minimum absolute atomic E-state index is 0.122. The number of carbonyl (C=O) groups excluding carboxylic acids is 4. The lowest BCUT2D eigenvalue weighted by molar-refractivity contribution is -0.136. The molecule has 4 amide bonds. The molecule has 8 heteroatoms. The van der Waals surface area contributed by atoms with E-state index >= 15 is 0 Å². The second kappa shape index (κ2) is 6.49. The van der Waals surface area contributed by atoms with E-state index < -0.39 is 23.8 Å². The van der Waals surface area contributed by atoms with Crippen LogP contribution >= 0.6 is 0 Å². The molecule has 2 saturated heterocycles. The number of rotatable bonds is 4. The molecule has 0 aromatic heterocycles. The first-order chi connectivity index (χ1) is 13.5. The minimum atomic E-state index is -0.928. The number of hydrogen-bond donors (Lipinski definition) is 3. The van der Waals surface area contributed by atoms with Crippen LogP contribution in [0.2, 0.25) is 0 Å². The highest BCUT2D eigenvalue weighted by molar-refractivity contribution is 6.24. The zero-order valence-corrected chi connectivity index (χ0v) is 15.4. The Bertz CT molecular complexity index is 898. The monoisotopic (exact) mass is 382 g/mol. The molecule has 5 rings (SSSR count). The third-order valence-electron chi connectivity index (χ3n) is 6.57. The standard InChI is InChI=1S/C20H22N4O4/c25-16-5-4-15(18(26)23-16)24-19(27)12-3-1-2-10(17(12)20(24)28)8-22-14-6-11-7-21-9-13(11)14/h1-3,11,13-15,21-22H,4-9H2,(H,23,25,26). The van der Waals surface area contributed by atoms with Gasteiger partial charge >= 0.3 is 0 Å². The molecule has 1 saturated carbocycles. The molecule has 1 aromatic rings. The molecule has 3 aliphatic heterocycles. The fourth-order valence-corrected chi connectivity index (χ4v) is 5.00. The molecule has 4 atom stereocenters. The van der Waals surface area contributed by atoms with E-state index in [2.05, 4.69) is 16.0 Å². The molecule has 4 unspecified atom stereocenters. The Hall–Kier alpha value is -2.58. The van der Waals surface area contributed by atoms with Crippen LogP contribution in [0.1, 0.15) is 45.5 Å². The first-order valence-corrected chi connectivity index (χ1v) is 9.82. The number of nitrogens with one attached hydrogen (secondary N) is 3. The van der Waals surface area contributed by atoms with Gasteiger partial charge in [-0.3, -0.25) is 29.4 Å². The number of carbonyl (C=O) groups is 4. The lowest BCUT2D eigenvalue weighted by Crippen LogP contribution is -2.54. The molecule has 146 valence electrons. The van der Waals surface area contributed by atoms with E-state index in [1.807, 2.05) is 6.07 Å². The number of benzene rings is 1. The topological polar surface area (TPSA) is 108 Å². The molecule has 0 spiro atoms. The lowest BCUT2D eigenvalue weighted by Gasteiger charge is -2.40. The van der Waals surface area contributed by atoms with E-state index in [1.165, 1.54) is 0 Å². The SMILES string of the molecule is O=C1CCC(N2C(=O)c3cccc(CNC4CC5CNCC54)c3C2=O)C(=O)N1. The van der Waals surface area contributed by atoms with Gasteiger partial charge in [0.1, 0.15) is 6.04 Å². The second-order valence-corrected chi connectivity index (χ2v) is 8.09. The average Bonchev–Trinajstić information content (AvgIpc) is 3.15. The van der Waals surface area contributed by atoms with Crippen LogP contribution in [0.25, 0.3) is 0 Å². The molecule has 3 N–H and O–H groups in total. The van der Waals surface area contributed by atoms with Crippen molar-refractivity contribution in [1.82, 2.24) is 20.9 Å². The molecular weight excluding hydrogens is 360 g/mol. The fourth-order valence-electron chi connectivity index (χ4n) is 5.00. The maximum atomic E-state index is 13.1. The van der Waals surface area contributed by atoms with Crippen molar-refractivity contribution < 1.29 is 19.2 Å². The Balaban J connectivity index is 1.36. The number of hydrogen-bond acceptors (Lipinski definition) is 6. The zero-order chi connectivity index (χ0) is 19.4. The van der Waals surface area contributed by atoms with Crippen molar-refractivity contribution >= 4 is 23.6 Å². The van der Waals surface area contributed by atoms with E-state index in [0.29, 0.717) is 29.6 Å². The summed E-state index contributed by atoms with van der Waals surface area (Å²) < 4.78 is 0. The highest BCUT2D eigenvalue weighted by atomic mass is 16.2. The largest absolute Gasteiger partial charge is 0.316 e. The molecule has 1 aromatic carbocycles. The van der Waals surface area contributed by atoms with E-state index in [-0.39, 0.29) is 18.7 Å². The summed E-state index contributed by atoms with van der Waals surface area (Å²) >= 11 is 0. The van der Waals surface area contributed by atoms with Crippen molar-refractivity contribution in [2.75, 3.05) is 13.1 Å². The third-order valence-corrected chi connectivity index (χ3v) is 6.57. The first kappa shape index (κ1) is 17.5. The molecule has 1 aliphatic carbocycles. The molecule has 28 heavy (non-hydrogen) atoms. The maximum absolute atomic E-state index is 13.1. The summed E-state index contributed by atoms with van der Waals surface area (Å²) in [6.45, 7) is 2.62. The van der Waals surface area contributed by atoms with Crippen LogP contribution in [-0.4, -0.2) is 53.7 Å². The van der Waals surface area contributed by atoms with Gasteiger partial charge in [0.25, 0.3) is 11.8 Å². The third kappa shape index (κ3) is 2.59. The summed E-state index contributed by atoms with van der Waals surface area (Å²) in [5, 5.41) is 9.17. The van der Waals surface area contributed by atoms with Gasteiger partial charge < -0.3 is 10.6 Å². The van der Waals surface area contributed by atoms with Crippen LogP contribution in [0.4, 0.5) is 0 Å². The van der Waals surface area contributed by atoms with Gasteiger partial charge in [0.15, 0.2) is 0 Å². The fraction of sp³-hybridized carbons (Fsp3) is 0.500. The van der Waals surface area contributed by atoms with Crippen LogP contribution in [0.3, 0.4) is 0 Å². The molecule has 0 radical (unpaired) electrons. The first-order valence-electron chi connectivity index (χ1n) is 9.82. The maximum Gasteiger partial charge on any atom is 0.262 e. The van der Waals surface area contributed by atoms with Crippen molar-refractivity contribution in [3.8, 4) is 0 Å². The summed E-state index contributed by atoms with van der Waals surface area (Å²) in [6, 6.07) is 4.76. The van der Waals surface area contributed by atoms with Gasteiger partial charge in [-0.1, -0.05) is 12.1 Å². The van der Waals surface area contributed by atoms with E-state index in [0.717, 1.165) is 35.9 Å². The number of nitrogens with zero attached hydrogens (tertiary/aromatic N) is 1. The van der Waals surface area contributed by atoms with Gasteiger partial charge in [0.05, 0.1) is 11.1 Å². The van der Waals surface area contributed by atoms with E-state index in [4.69, 9.17) is 0 Å². The average molecular weight is 382 g/mol. The van der Waals surface area contributed by atoms with Crippen molar-refractivity contribution in [2.24, 2.45) is 11.8 Å². The Labute approximate surface area is 162 Å². The summed E-state index contributed by atoms with van der Waals surface area (Å²) in [7, 11) is 0. The number of piperidine rings is 1. The van der Waals surface area contributed by atoms with Crippen molar-refractivity contribution in [3.05, 3.63) is 34.9 Å². The van der Waals surface area contributed by atoms with Crippen molar-refractivity contribution in [3.63, 3.8) is 0 Å². The summed E-state index contributed by atoms with van der Waals surface area (Å²) in [5.41, 5.74) is 1.49. The summed E-state index contributed by atoms with van der Waals surface area (Å²) in [4.78, 5) is 50.5. The van der Waals surface area contributed by atoms with Crippen LogP contribution < -0.4 is 16.0 Å². The molecule has 0 bridgehead atoms. The molecule has 8 nitrogen and oxygen atoms in total. The van der Waals surface area contributed by atoms with Gasteiger partial charge in [-0.25, -0.2) is 0 Å². The van der Waals surface area contributed by atoms with E-state index in [1.54, 1.807) is 12.1 Å². The van der Waals surface area contributed by atoms with E-state index in [9.17, 15) is 19.2 Å². The molecule has 3 heterocycles. The van der Waals surface area contributed by atoms with Gasteiger partial charge in [-0.15, -0.1) is 0 Å².